The minimum atomic E-state index is -0.581. The van der Waals surface area contributed by atoms with E-state index in [1.54, 1.807) is 7.11 Å². The summed E-state index contributed by atoms with van der Waals surface area (Å²) >= 11 is 0. The van der Waals surface area contributed by atoms with Crippen molar-refractivity contribution >= 4 is 11.7 Å². The number of carbonyl (C=O) groups excluding carboxylic acids is 2. The number of nitrogens with zero attached hydrogens (tertiary/aromatic N) is 1. The van der Waals surface area contributed by atoms with E-state index in [1.165, 1.54) is 0 Å². The van der Waals surface area contributed by atoms with E-state index in [4.69, 9.17) is 4.74 Å². The Morgan fingerprint density at radius 1 is 0.960 bits per heavy atom. The predicted molar refractivity (Wildman–Crippen MR) is 96.3 cm³/mol. The highest BCUT2D eigenvalue weighted by Gasteiger charge is 2.31. The summed E-state index contributed by atoms with van der Waals surface area (Å²) in [5.74, 6) is 0.141. The van der Waals surface area contributed by atoms with Crippen LogP contribution in [0.15, 0.2) is 60.7 Å². The summed E-state index contributed by atoms with van der Waals surface area (Å²) in [5.41, 5.74) is 1.61. The molecule has 25 heavy (non-hydrogen) atoms. The highest BCUT2D eigenvalue weighted by molar-refractivity contribution is 5.98. The Kier molecular flexibility index (Phi) is 5.61. The molecule has 0 aliphatic carbocycles. The zero-order chi connectivity index (χ0) is 17.6. The van der Waals surface area contributed by atoms with Crippen LogP contribution in [0, 0.1) is 5.92 Å². The van der Waals surface area contributed by atoms with Crippen molar-refractivity contribution in [2.24, 2.45) is 5.92 Å². The van der Waals surface area contributed by atoms with Crippen LogP contribution in [0.4, 0.5) is 0 Å². The van der Waals surface area contributed by atoms with Crippen LogP contribution in [0.1, 0.15) is 34.9 Å². The van der Waals surface area contributed by atoms with Crippen LogP contribution < -0.4 is 0 Å². The number of methoxy groups -OCH3 is 1. The zero-order valence-electron chi connectivity index (χ0n) is 14.4. The van der Waals surface area contributed by atoms with Crippen molar-refractivity contribution in [3.8, 4) is 0 Å². The Hall–Kier alpha value is -2.46. The number of rotatable bonds is 5. The topological polar surface area (TPSA) is 46.6 Å². The fourth-order valence-corrected chi connectivity index (χ4v) is 3.37. The average Bonchev–Trinajstić information content (AvgIpc) is 2.69. The Labute approximate surface area is 148 Å². The quantitative estimate of drug-likeness (QED) is 0.785. The molecule has 0 saturated carbocycles. The van der Waals surface area contributed by atoms with E-state index in [9.17, 15) is 9.59 Å². The van der Waals surface area contributed by atoms with Gasteiger partial charge in [0.05, 0.1) is 0 Å². The van der Waals surface area contributed by atoms with E-state index in [-0.39, 0.29) is 17.6 Å². The first-order valence-corrected chi connectivity index (χ1v) is 8.66. The molecule has 0 spiro atoms. The third kappa shape index (κ3) is 3.97. The third-order valence-corrected chi connectivity index (χ3v) is 4.80. The van der Waals surface area contributed by atoms with Gasteiger partial charge in [-0.1, -0.05) is 60.7 Å². The molecule has 2 aromatic carbocycles. The lowest BCUT2D eigenvalue weighted by Crippen LogP contribution is -2.42. The van der Waals surface area contributed by atoms with Crippen LogP contribution in [-0.2, 0) is 9.53 Å². The highest BCUT2D eigenvalue weighted by atomic mass is 16.5. The maximum atomic E-state index is 12.8. The second-order valence-corrected chi connectivity index (χ2v) is 6.36. The minimum Gasteiger partial charge on any atom is -0.367 e. The smallest absolute Gasteiger partial charge is 0.256 e. The van der Waals surface area contributed by atoms with E-state index in [0.717, 1.165) is 11.1 Å². The molecule has 130 valence electrons. The van der Waals surface area contributed by atoms with Crippen LogP contribution >= 0.6 is 0 Å². The molecule has 2 aromatic rings. The molecule has 3 rings (SSSR count). The first-order chi connectivity index (χ1) is 12.2. The number of likely N-dealkylation sites (tertiary alicyclic amines) is 1. The van der Waals surface area contributed by atoms with Gasteiger partial charge in [0, 0.05) is 31.7 Å². The van der Waals surface area contributed by atoms with Crippen LogP contribution in [-0.4, -0.2) is 36.8 Å². The molecule has 1 atom stereocenters. The summed E-state index contributed by atoms with van der Waals surface area (Å²) in [5, 5.41) is 0. The fraction of sp³-hybridized carbons (Fsp3) is 0.333. The molecule has 4 heteroatoms. The van der Waals surface area contributed by atoms with Gasteiger partial charge in [-0.3, -0.25) is 9.59 Å². The first-order valence-electron chi connectivity index (χ1n) is 8.66. The van der Waals surface area contributed by atoms with Crippen LogP contribution in [0.5, 0.6) is 0 Å². The normalized spacial score (nSPS) is 16.4. The average molecular weight is 337 g/mol. The molecule has 1 saturated heterocycles. The summed E-state index contributed by atoms with van der Waals surface area (Å²) in [6.45, 7) is 1.18. The van der Waals surface area contributed by atoms with Crippen molar-refractivity contribution in [2.45, 2.75) is 18.9 Å². The number of ether oxygens (including phenoxy) is 1. The molecule has 0 radical (unpaired) electrons. The van der Waals surface area contributed by atoms with Gasteiger partial charge in [-0.15, -0.1) is 0 Å². The molecule has 0 N–H and O–H groups in total. The van der Waals surface area contributed by atoms with Crippen molar-refractivity contribution in [3.63, 3.8) is 0 Å². The minimum absolute atomic E-state index is 0.0100. The van der Waals surface area contributed by atoms with Crippen LogP contribution in [0.25, 0.3) is 0 Å². The summed E-state index contributed by atoms with van der Waals surface area (Å²) in [7, 11) is 1.56. The van der Waals surface area contributed by atoms with E-state index in [0.29, 0.717) is 25.9 Å². The maximum Gasteiger partial charge on any atom is 0.256 e. The molecule has 1 aliphatic rings. The number of ketones is 1. The summed E-state index contributed by atoms with van der Waals surface area (Å²) in [6.07, 6.45) is 0.817. The molecule has 1 unspecified atom stereocenters. The molecule has 0 bridgehead atoms. The number of hydrogen-bond donors (Lipinski definition) is 0. The van der Waals surface area contributed by atoms with Gasteiger partial charge in [0.2, 0.25) is 0 Å². The van der Waals surface area contributed by atoms with E-state index >= 15 is 0 Å². The highest BCUT2D eigenvalue weighted by Crippen LogP contribution is 2.25. The van der Waals surface area contributed by atoms with Crippen molar-refractivity contribution < 1.29 is 14.3 Å². The van der Waals surface area contributed by atoms with Gasteiger partial charge in [-0.25, -0.2) is 0 Å². The van der Waals surface area contributed by atoms with Crippen molar-refractivity contribution in [2.75, 3.05) is 20.2 Å². The molecular weight excluding hydrogens is 314 g/mol. The van der Waals surface area contributed by atoms with Gasteiger partial charge in [0.25, 0.3) is 5.91 Å². The van der Waals surface area contributed by atoms with Crippen molar-refractivity contribution in [3.05, 3.63) is 71.8 Å². The Morgan fingerprint density at radius 2 is 1.52 bits per heavy atom. The van der Waals surface area contributed by atoms with E-state index in [1.807, 2.05) is 65.6 Å². The molecule has 1 amide bonds. The monoisotopic (exact) mass is 337 g/mol. The largest absolute Gasteiger partial charge is 0.367 e. The Bertz CT molecular complexity index is 706. The lowest BCUT2D eigenvalue weighted by Gasteiger charge is -2.33. The van der Waals surface area contributed by atoms with Crippen molar-refractivity contribution in [1.29, 1.82) is 0 Å². The second-order valence-electron chi connectivity index (χ2n) is 6.36. The maximum absolute atomic E-state index is 12.8. The van der Waals surface area contributed by atoms with E-state index < -0.39 is 6.10 Å². The summed E-state index contributed by atoms with van der Waals surface area (Å²) in [4.78, 5) is 27.2. The number of hydrogen-bond acceptors (Lipinski definition) is 3. The van der Waals surface area contributed by atoms with Gasteiger partial charge in [0.1, 0.15) is 0 Å². The molecule has 1 aliphatic heterocycles. The van der Waals surface area contributed by atoms with Gasteiger partial charge in [0.15, 0.2) is 11.9 Å². The van der Waals surface area contributed by atoms with E-state index in [2.05, 4.69) is 0 Å². The van der Waals surface area contributed by atoms with Crippen molar-refractivity contribution in [1.82, 2.24) is 4.90 Å². The standard InChI is InChI=1S/C21H23NO3/c1-25-20(18-10-6-3-7-11-18)21(24)22-14-12-17(13-15-22)19(23)16-8-4-2-5-9-16/h2-11,17,20H,12-15H2,1H3. The van der Waals surface area contributed by atoms with Crippen LogP contribution in [0.2, 0.25) is 0 Å². The molecule has 1 fully saturated rings. The molecular formula is C21H23NO3. The van der Waals surface area contributed by atoms with Gasteiger partial charge >= 0.3 is 0 Å². The lowest BCUT2D eigenvalue weighted by molar-refractivity contribution is -0.143. The third-order valence-electron chi connectivity index (χ3n) is 4.80. The molecule has 4 nitrogen and oxygen atoms in total. The van der Waals surface area contributed by atoms with Gasteiger partial charge in [-0.05, 0) is 18.4 Å². The molecule has 0 aromatic heterocycles. The number of benzene rings is 2. The summed E-state index contributed by atoms with van der Waals surface area (Å²) in [6, 6.07) is 18.9. The first kappa shape index (κ1) is 17.4. The number of amides is 1. The second kappa shape index (κ2) is 8.08. The Morgan fingerprint density at radius 3 is 2.08 bits per heavy atom. The zero-order valence-corrected chi connectivity index (χ0v) is 14.4. The van der Waals surface area contributed by atoms with Gasteiger partial charge in [-0.2, -0.15) is 0 Å². The number of carbonyl (C=O) groups is 2. The fourth-order valence-electron chi connectivity index (χ4n) is 3.37. The summed E-state index contributed by atoms with van der Waals surface area (Å²) < 4.78 is 5.44. The number of piperidine rings is 1. The van der Waals surface area contributed by atoms with Gasteiger partial charge < -0.3 is 9.64 Å². The van der Waals surface area contributed by atoms with Crippen LogP contribution in [0.3, 0.4) is 0 Å². The SMILES string of the molecule is COC(C(=O)N1CCC(C(=O)c2ccccc2)CC1)c1ccccc1. The Balaban J connectivity index is 1.62. The molecule has 1 heterocycles. The predicted octanol–water partition coefficient (Wildman–Crippen LogP) is 3.50. The lowest BCUT2D eigenvalue weighted by atomic mass is 9.88. The number of Topliss-reactive ketones (excluding diaryl/α,β-unsaturated/α-hetero) is 1.